The largest absolute Gasteiger partial charge is 0.340 e. The van der Waals surface area contributed by atoms with Crippen LogP contribution in [-0.4, -0.2) is 49.7 Å². The average molecular weight is 399 g/mol. The molecule has 25 heavy (non-hydrogen) atoms. The number of hydrogen-bond acceptors (Lipinski definition) is 4. The van der Waals surface area contributed by atoms with Gasteiger partial charge in [-0.05, 0) is 24.6 Å². The molecule has 5 nitrogen and oxygen atoms in total. The summed E-state index contributed by atoms with van der Waals surface area (Å²) in [5.41, 5.74) is 2.13. The molecule has 1 aromatic heterocycles. The molecule has 0 aliphatic carbocycles. The lowest BCUT2D eigenvalue weighted by Crippen LogP contribution is -2.50. The Morgan fingerprint density at radius 2 is 1.72 bits per heavy atom. The van der Waals surface area contributed by atoms with Crippen LogP contribution in [0.5, 0.6) is 0 Å². The number of hydrogen-bond donors (Lipinski definition) is 0. The van der Waals surface area contributed by atoms with Crippen molar-refractivity contribution in [3.63, 3.8) is 0 Å². The van der Waals surface area contributed by atoms with Crippen LogP contribution in [0.25, 0.3) is 0 Å². The molecule has 1 aliphatic heterocycles. The van der Waals surface area contributed by atoms with Gasteiger partial charge in [0.15, 0.2) is 0 Å². The number of carbonyl (C=O) groups excluding carboxylic acids is 1. The molecule has 2 aromatic rings. The fourth-order valence-electron chi connectivity index (χ4n) is 2.73. The Morgan fingerprint density at radius 1 is 1.08 bits per heavy atom. The minimum atomic E-state index is -3.52. The van der Waals surface area contributed by atoms with E-state index in [4.69, 9.17) is 11.6 Å². The van der Waals surface area contributed by atoms with Gasteiger partial charge in [-0.25, -0.2) is 8.42 Å². The molecule has 0 atom stereocenters. The predicted octanol–water partition coefficient (Wildman–Crippen LogP) is 2.79. The maximum absolute atomic E-state index is 12.6. The van der Waals surface area contributed by atoms with E-state index in [1.807, 2.05) is 31.2 Å². The second-order valence-corrected chi connectivity index (χ2v) is 9.89. The summed E-state index contributed by atoms with van der Waals surface area (Å²) in [5.74, 6) is 0.0278. The van der Waals surface area contributed by atoms with Crippen LogP contribution in [0.1, 0.15) is 11.1 Å². The Morgan fingerprint density at radius 3 is 2.28 bits per heavy atom. The molecule has 2 heterocycles. The lowest BCUT2D eigenvalue weighted by atomic mass is 10.1. The van der Waals surface area contributed by atoms with Gasteiger partial charge in [0.2, 0.25) is 5.91 Å². The highest BCUT2D eigenvalue weighted by atomic mass is 35.5. The SMILES string of the molecule is Cc1ccc(CC(=O)N2CCN(S(=O)(=O)c3ccc(Cl)s3)CC2)cc1. The first-order valence-electron chi connectivity index (χ1n) is 7.95. The Hall–Kier alpha value is -1.41. The van der Waals surface area contributed by atoms with E-state index in [1.165, 1.54) is 10.4 Å². The zero-order valence-corrected chi connectivity index (χ0v) is 16.2. The van der Waals surface area contributed by atoms with Gasteiger partial charge in [-0.3, -0.25) is 4.79 Å². The minimum Gasteiger partial charge on any atom is -0.340 e. The van der Waals surface area contributed by atoms with Crippen LogP contribution < -0.4 is 0 Å². The van der Waals surface area contributed by atoms with Crippen molar-refractivity contribution in [1.82, 2.24) is 9.21 Å². The summed E-state index contributed by atoms with van der Waals surface area (Å²) in [5, 5.41) is 0. The smallest absolute Gasteiger partial charge is 0.252 e. The molecule has 1 amide bonds. The van der Waals surface area contributed by atoms with Crippen molar-refractivity contribution in [2.24, 2.45) is 0 Å². The molecule has 3 rings (SSSR count). The Bertz CT molecular complexity index is 854. The van der Waals surface area contributed by atoms with Crippen molar-refractivity contribution in [1.29, 1.82) is 0 Å². The normalized spacial score (nSPS) is 16.2. The van der Waals surface area contributed by atoms with Crippen molar-refractivity contribution >= 4 is 38.9 Å². The Balaban J connectivity index is 1.59. The van der Waals surface area contributed by atoms with E-state index in [0.717, 1.165) is 22.5 Å². The highest BCUT2D eigenvalue weighted by molar-refractivity contribution is 7.91. The highest BCUT2D eigenvalue weighted by Crippen LogP contribution is 2.28. The van der Waals surface area contributed by atoms with Crippen LogP contribution >= 0.6 is 22.9 Å². The first-order chi connectivity index (χ1) is 11.9. The van der Waals surface area contributed by atoms with Gasteiger partial charge in [0.25, 0.3) is 10.0 Å². The number of halogens is 1. The summed E-state index contributed by atoms with van der Waals surface area (Å²) >= 11 is 6.89. The molecule has 0 saturated carbocycles. The van der Waals surface area contributed by atoms with Gasteiger partial charge in [-0.15, -0.1) is 11.3 Å². The number of carbonyl (C=O) groups is 1. The van der Waals surface area contributed by atoms with Crippen LogP contribution in [0.15, 0.2) is 40.6 Å². The summed E-state index contributed by atoms with van der Waals surface area (Å²) in [7, 11) is -3.52. The number of amides is 1. The van der Waals surface area contributed by atoms with Crippen molar-refractivity contribution in [3.8, 4) is 0 Å². The molecular weight excluding hydrogens is 380 g/mol. The molecule has 1 saturated heterocycles. The van der Waals surface area contributed by atoms with Gasteiger partial charge in [-0.2, -0.15) is 4.31 Å². The third kappa shape index (κ3) is 4.23. The van der Waals surface area contributed by atoms with Crippen LogP contribution in [0.3, 0.4) is 0 Å². The number of benzene rings is 1. The average Bonchev–Trinajstić information content (AvgIpc) is 3.04. The number of thiophene rings is 1. The second kappa shape index (κ2) is 7.45. The molecule has 1 aromatic carbocycles. The number of rotatable bonds is 4. The molecule has 1 fully saturated rings. The number of nitrogens with zero attached hydrogens (tertiary/aromatic N) is 2. The zero-order valence-electron chi connectivity index (χ0n) is 13.8. The van der Waals surface area contributed by atoms with Gasteiger partial charge < -0.3 is 4.90 Å². The van der Waals surface area contributed by atoms with E-state index in [0.29, 0.717) is 36.9 Å². The maximum Gasteiger partial charge on any atom is 0.252 e. The van der Waals surface area contributed by atoms with E-state index in [2.05, 4.69) is 0 Å². The van der Waals surface area contributed by atoms with Gasteiger partial charge in [0.05, 0.1) is 10.8 Å². The number of piperazine rings is 1. The molecular formula is C17H19ClN2O3S2. The minimum absolute atomic E-state index is 0.0278. The topological polar surface area (TPSA) is 57.7 Å². The van der Waals surface area contributed by atoms with E-state index in [9.17, 15) is 13.2 Å². The highest BCUT2D eigenvalue weighted by Gasteiger charge is 2.31. The predicted molar refractivity (Wildman–Crippen MR) is 99.6 cm³/mol. The van der Waals surface area contributed by atoms with Crippen LogP contribution in [-0.2, 0) is 21.2 Å². The summed E-state index contributed by atoms with van der Waals surface area (Å²) in [6.45, 7) is 3.42. The maximum atomic E-state index is 12.6. The van der Waals surface area contributed by atoms with E-state index < -0.39 is 10.0 Å². The number of aryl methyl sites for hydroxylation is 1. The third-order valence-corrected chi connectivity index (χ3v) is 7.81. The molecule has 1 aliphatic rings. The van der Waals surface area contributed by atoms with E-state index in [1.54, 1.807) is 11.0 Å². The zero-order chi connectivity index (χ0) is 18.0. The van der Waals surface area contributed by atoms with Crippen molar-refractivity contribution in [3.05, 3.63) is 51.9 Å². The van der Waals surface area contributed by atoms with E-state index in [-0.39, 0.29) is 10.1 Å². The Kier molecular flexibility index (Phi) is 5.48. The summed E-state index contributed by atoms with van der Waals surface area (Å²) in [4.78, 5) is 14.2. The van der Waals surface area contributed by atoms with E-state index >= 15 is 0 Å². The van der Waals surface area contributed by atoms with Gasteiger partial charge >= 0.3 is 0 Å². The first kappa shape index (κ1) is 18.4. The molecule has 0 bridgehead atoms. The van der Waals surface area contributed by atoms with Crippen molar-refractivity contribution < 1.29 is 13.2 Å². The standard InChI is InChI=1S/C17H19ClN2O3S2/c1-13-2-4-14(5-3-13)12-16(21)19-8-10-20(11-9-19)25(22,23)17-7-6-15(18)24-17/h2-7H,8-12H2,1H3. The third-order valence-electron chi connectivity index (χ3n) is 4.21. The lowest BCUT2D eigenvalue weighted by molar-refractivity contribution is -0.131. The summed E-state index contributed by atoms with van der Waals surface area (Å²) in [6.07, 6.45) is 0.341. The summed E-state index contributed by atoms with van der Waals surface area (Å²) in [6, 6.07) is 11.0. The fourth-order valence-corrected chi connectivity index (χ4v) is 5.79. The molecule has 134 valence electrons. The monoisotopic (exact) mass is 398 g/mol. The van der Waals surface area contributed by atoms with Crippen LogP contribution in [0.4, 0.5) is 0 Å². The number of sulfonamides is 1. The fraction of sp³-hybridized carbons (Fsp3) is 0.353. The second-order valence-electron chi connectivity index (χ2n) is 6.01. The molecule has 0 spiro atoms. The van der Waals surface area contributed by atoms with Crippen molar-refractivity contribution in [2.75, 3.05) is 26.2 Å². The molecule has 0 N–H and O–H groups in total. The quantitative estimate of drug-likeness (QED) is 0.795. The Labute approximate surface area is 156 Å². The first-order valence-corrected chi connectivity index (χ1v) is 10.6. The van der Waals surface area contributed by atoms with Gasteiger partial charge in [0.1, 0.15) is 4.21 Å². The van der Waals surface area contributed by atoms with Gasteiger partial charge in [-0.1, -0.05) is 41.4 Å². The molecule has 8 heteroatoms. The summed E-state index contributed by atoms with van der Waals surface area (Å²) < 4.78 is 27.3. The molecule has 0 radical (unpaired) electrons. The lowest BCUT2D eigenvalue weighted by Gasteiger charge is -2.33. The van der Waals surface area contributed by atoms with Crippen LogP contribution in [0, 0.1) is 6.92 Å². The molecule has 0 unspecified atom stereocenters. The van der Waals surface area contributed by atoms with Crippen molar-refractivity contribution in [2.45, 2.75) is 17.6 Å². The van der Waals surface area contributed by atoms with Gasteiger partial charge in [0, 0.05) is 26.2 Å². The van der Waals surface area contributed by atoms with Crippen LogP contribution in [0.2, 0.25) is 4.34 Å².